The highest BCUT2D eigenvalue weighted by atomic mass is 32.1. The third-order valence-corrected chi connectivity index (χ3v) is 6.02. The van der Waals surface area contributed by atoms with Crippen molar-refractivity contribution in [2.75, 3.05) is 33.7 Å². The van der Waals surface area contributed by atoms with Crippen LogP contribution in [-0.2, 0) is 12.8 Å². The van der Waals surface area contributed by atoms with Crippen LogP contribution in [0.5, 0.6) is 0 Å². The molecule has 2 aromatic heterocycles. The molecule has 0 saturated carbocycles. The first kappa shape index (κ1) is 19.9. The van der Waals surface area contributed by atoms with Crippen molar-refractivity contribution >= 4 is 28.6 Å². The predicted molar refractivity (Wildman–Crippen MR) is 110 cm³/mol. The number of thiophene rings is 1. The Hall–Kier alpha value is -1.44. The molecule has 2 N–H and O–H groups in total. The Kier molecular flexibility index (Phi) is 8.37. The number of nitrogens with one attached hydrogen (secondary N) is 2. The molecule has 0 aromatic carbocycles. The molecule has 0 aliphatic rings. The molecule has 0 fully saturated rings. The van der Waals surface area contributed by atoms with Crippen molar-refractivity contribution in [3.05, 3.63) is 38.5 Å². The van der Waals surface area contributed by atoms with Crippen molar-refractivity contribution < 1.29 is 0 Å². The molecular weight excluding hydrogens is 350 g/mol. The Balaban J connectivity index is 1.90. The minimum Gasteiger partial charge on any atom is -0.357 e. The number of guanidine groups is 1. The van der Waals surface area contributed by atoms with Gasteiger partial charge in [-0.3, -0.25) is 4.99 Å². The van der Waals surface area contributed by atoms with Crippen LogP contribution in [0.15, 0.2) is 28.7 Å². The zero-order valence-corrected chi connectivity index (χ0v) is 17.2. The Labute approximate surface area is 159 Å². The van der Waals surface area contributed by atoms with Crippen molar-refractivity contribution in [1.82, 2.24) is 20.5 Å². The molecule has 5 nitrogen and oxygen atoms in total. The molecule has 0 spiro atoms. The van der Waals surface area contributed by atoms with Gasteiger partial charge in [-0.05, 0) is 38.9 Å². The lowest BCUT2D eigenvalue weighted by atomic mass is 10.2. The summed E-state index contributed by atoms with van der Waals surface area (Å²) in [5.74, 6) is 0.873. The van der Waals surface area contributed by atoms with Crippen LogP contribution >= 0.6 is 22.7 Å². The maximum Gasteiger partial charge on any atom is 0.191 e. The van der Waals surface area contributed by atoms with E-state index in [0.29, 0.717) is 6.04 Å². The van der Waals surface area contributed by atoms with Gasteiger partial charge in [-0.25, -0.2) is 4.98 Å². The quantitative estimate of drug-likeness (QED) is 0.519. The first-order chi connectivity index (χ1) is 12.1. The zero-order valence-electron chi connectivity index (χ0n) is 15.6. The van der Waals surface area contributed by atoms with E-state index in [1.165, 1.54) is 14.8 Å². The van der Waals surface area contributed by atoms with Gasteiger partial charge in [0.05, 0.1) is 17.6 Å². The van der Waals surface area contributed by atoms with E-state index >= 15 is 0 Å². The van der Waals surface area contributed by atoms with Crippen molar-refractivity contribution in [2.24, 2.45) is 4.99 Å². The van der Waals surface area contributed by atoms with E-state index < -0.39 is 0 Å². The van der Waals surface area contributed by atoms with Crippen molar-refractivity contribution in [3.63, 3.8) is 0 Å². The van der Waals surface area contributed by atoms with E-state index in [2.05, 4.69) is 66.0 Å². The number of aryl methyl sites for hydroxylation is 1. The lowest BCUT2D eigenvalue weighted by Crippen LogP contribution is -2.39. The molecule has 0 amide bonds. The third-order valence-electron chi connectivity index (χ3n) is 3.84. The first-order valence-corrected chi connectivity index (χ1v) is 10.5. The first-order valence-electron chi connectivity index (χ1n) is 8.79. The van der Waals surface area contributed by atoms with Gasteiger partial charge in [0, 0.05) is 35.5 Å². The minimum atomic E-state index is 0.307. The van der Waals surface area contributed by atoms with Crippen LogP contribution in [-0.4, -0.2) is 49.6 Å². The molecule has 138 valence electrons. The summed E-state index contributed by atoms with van der Waals surface area (Å²) in [5.41, 5.74) is 0. The summed E-state index contributed by atoms with van der Waals surface area (Å²) in [6.45, 7) is 6.69. The molecule has 0 aliphatic carbocycles. The number of nitrogens with zero attached hydrogens (tertiary/aromatic N) is 3. The summed E-state index contributed by atoms with van der Waals surface area (Å²) in [5, 5.41) is 10.1. The van der Waals surface area contributed by atoms with Gasteiger partial charge in [-0.1, -0.05) is 13.0 Å². The van der Waals surface area contributed by atoms with Gasteiger partial charge in [-0.15, -0.1) is 22.7 Å². The summed E-state index contributed by atoms with van der Waals surface area (Å²) in [4.78, 5) is 14.2. The van der Waals surface area contributed by atoms with Crippen molar-refractivity contribution in [2.45, 2.75) is 32.7 Å². The summed E-state index contributed by atoms with van der Waals surface area (Å²) in [6, 6.07) is 4.59. The molecule has 1 unspecified atom stereocenters. The third kappa shape index (κ3) is 6.41. The number of rotatable bonds is 9. The standard InChI is InChI=1S/C18H29N5S2/c1-5-14-12-21-17(25-14)9-10-20-18(19-6-2)22-13-15(23(3)4)16-8-7-11-24-16/h7-8,11-12,15H,5-6,9-10,13H2,1-4H3,(H2,19,20,22). The molecule has 2 rings (SSSR count). The number of likely N-dealkylation sites (N-methyl/N-ethyl adjacent to an activating group) is 1. The van der Waals surface area contributed by atoms with Gasteiger partial charge in [0.2, 0.25) is 0 Å². The van der Waals surface area contributed by atoms with E-state index in [0.717, 1.165) is 38.4 Å². The van der Waals surface area contributed by atoms with Gasteiger partial charge in [0.1, 0.15) is 0 Å². The maximum absolute atomic E-state index is 4.79. The fourth-order valence-corrected chi connectivity index (χ4v) is 4.20. The number of hydrogen-bond acceptors (Lipinski definition) is 5. The molecule has 2 aromatic rings. The molecule has 0 bridgehead atoms. The van der Waals surface area contributed by atoms with Crippen LogP contribution in [0.25, 0.3) is 0 Å². The molecule has 1 atom stereocenters. The van der Waals surface area contributed by atoms with Crippen LogP contribution in [0.3, 0.4) is 0 Å². The molecule has 2 heterocycles. The topological polar surface area (TPSA) is 52.6 Å². The lowest BCUT2D eigenvalue weighted by molar-refractivity contribution is 0.310. The maximum atomic E-state index is 4.79. The molecule has 0 aliphatic heterocycles. The normalized spacial score (nSPS) is 13.2. The van der Waals surface area contributed by atoms with Gasteiger partial charge in [-0.2, -0.15) is 0 Å². The smallest absolute Gasteiger partial charge is 0.191 e. The highest BCUT2D eigenvalue weighted by molar-refractivity contribution is 7.11. The van der Waals surface area contributed by atoms with E-state index in [4.69, 9.17) is 4.99 Å². The second-order valence-electron chi connectivity index (χ2n) is 5.97. The average molecular weight is 380 g/mol. The molecule has 0 radical (unpaired) electrons. The second kappa shape index (κ2) is 10.5. The summed E-state index contributed by atoms with van der Waals surface area (Å²) >= 11 is 3.59. The average Bonchev–Trinajstić information content (AvgIpc) is 3.26. The van der Waals surface area contributed by atoms with E-state index in [1.807, 2.05) is 6.20 Å². The number of hydrogen-bond donors (Lipinski definition) is 2. The van der Waals surface area contributed by atoms with E-state index in [9.17, 15) is 0 Å². The van der Waals surface area contributed by atoms with Crippen LogP contribution in [0.1, 0.15) is 34.7 Å². The summed E-state index contributed by atoms with van der Waals surface area (Å²) < 4.78 is 0. The number of aliphatic imine (C=N–C) groups is 1. The monoisotopic (exact) mass is 379 g/mol. The predicted octanol–water partition coefficient (Wildman–Crippen LogP) is 3.17. The number of thiazole rings is 1. The Morgan fingerprint density at radius 3 is 2.76 bits per heavy atom. The van der Waals surface area contributed by atoms with Crippen molar-refractivity contribution in [1.29, 1.82) is 0 Å². The fourth-order valence-electron chi connectivity index (χ4n) is 2.42. The van der Waals surface area contributed by atoms with Gasteiger partial charge in [0.15, 0.2) is 5.96 Å². The minimum absolute atomic E-state index is 0.307. The molecule has 25 heavy (non-hydrogen) atoms. The van der Waals surface area contributed by atoms with Crippen LogP contribution in [0, 0.1) is 0 Å². The summed E-state index contributed by atoms with van der Waals surface area (Å²) in [7, 11) is 4.21. The summed E-state index contributed by atoms with van der Waals surface area (Å²) in [6.07, 6.45) is 3.98. The highest BCUT2D eigenvalue weighted by Gasteiger charge is 2.14. The Morgan fingerprint density at radius 1 is 1.32 bits per heavy atom. The van der Waals surface area contributed by atoms with Gasteiger partial charge in [0.25, 0.3) is 0 Å². The Bertz CT molecular complexity index is 634. The fraction of sp³-hybridized carbons (Fsp3) is 0.556. The second-order valence-corrected chi connectivity index (χ2v) is 8.14. The van der Waals surface area contributed by atoms with Crippen LogP contribution < -0.4 is 10.6 Å². The highest BCUT2D eigenvalue weighted by Crippen LogP contribution is 2.23. The van der Waals surface area contributed by atoms with Crippen LogP contribution in [0.2, 0.25) is 0 Å². The van der Waals surface area contributed by atoms with Crippen LogP contribution in [0.4, 0.5) is 0 Å². The number of aromatic nitrogens is 1. The Morgan fingerprint density at radius 2 is 2.16 bits per heavy atom. The SMILES string of the molecule is CCNC(=NCC(c1cccs1)N(C)C)NCCc1ncc(CC)s1. The zero-order chi connectivity index (χ0) is 18.1. The van der Waals surface area contributed by atoms with Gasteiger partial charge < -0.3 is 15.5 Å². The molecule has 0 saturated heterocycles. The van der Waals surface area contributed by atoms with E-state index in [1.54, 1.807) is 22.7 Å². The molecular formula is C18H29N5S2. The molecule has 7 heteroatoms. The largest absolute Gasteiger partial charge is 0.357 e. The van der Waals surface area contributed by atoms with Gasteiger partial charge >= 0.3 is 0 Å². The van der Waals surface area contributed by atoms with E-state index in [-0.39, 0.29) is 0 Å². The lowest BCUT2D eigenvalue weighted by Gasteiger charge is -2.22. The van der Waals surface area contributed by atoms with Crippen molar-refractivity contribution in [3.8, 4) is 0 Å².